The van der Waals surface area contributed by atoms with Crippen LogP contribution in [0, 0.1) is 20.8 Å². The first-order chi connectivity index (χ1) is 9.79. The fraction of sp³-hybridized carbons (Fsp3) is 0.471. The zero-order chi connectivity index (χ0) is 16.2. The Kier molecular flexibility index (Phi) is 6.46. The van der Waals surface area contributed by atoms with Crippen molar-refractivity contribution in [3.05, 3.63) is 38.4 Å². The molecule has 0 aromatic heterocycles. The highest BCUT2D eigenvalue weighted by Gasteiger charge is 2.13. The van der Waals surface area contributed by atoms with E-state index in [0.29, 0.717) is 6.42 Å². The molecular formula is C17H24BrNO2. The standard InChI is InChI=1S/C17H24BrNO2/c1-10(7-9-15(20)21-5)6-8-14-12(3)11(2)13(4)16(18)17(14)19/h6H,7-9,19H2,1-5H3/b10-6+. The fourth-order valence-corrected chi connectivity index (χ4v) is 2.79. The minimum atomic E-state index is -0.174. The van der Waals surface area contributed by atoms with E-state index in [4.69, 9.17) is 5.73 Å². The van der Waals surface area contributed by atoms with Gasteiger partial charge in [-0.15, -0.1) is 0 Å². The zero-order valence-electron chi connectivity index (χ0n) is 13.5. The van der Waals surface area contributed by atoms with Gasteiger partial charge in [0.1, 0.15) is 0 Å². The van der Waals surface area contributed by atoms with E-state index < -0.39 is 0 Å². The molecule has 0 radical (unpaired) electrons. The molecule has 0 heterocycles. The number of nitrogen functional groups attached to an aromatic ring is 1. The molecule has 4 heteroatoms. The van der Waals surface area contributed by atoms with Crippen LogP contribution in [-0.2, 0) is 16.0 Å². The van der Waals surface area contributed by atoms with Gasteiger partial charge in [-0.05, 0) is 78.7 Å². The maximum Gasteiger partial charge on any atom is 0.305 e. The van der Waals surface area contributed by atoms with Crippen LogP contribution in [-0.4, -0.2) is 13.1 Å². The fourth-order valence-electron chi connectivity index (χ4n) is 2.25. The summed E-state index contributed by atoms with van der Waals surface area (Å²) >= 11 is 3.57. The summed E-state index contributed by atoms with van der Waals surface area (Å²) in [6, 6.07) is 0. The number of hydrogen-bond donors (Lipinski definition) is 1. The first kappa shape index (κ1) is 17.8. The van der Waals surface area contributed by atoms with E-state index in [1.54, 1.807) is 0 Å². The first-order valence-corrected chi connectivity index (χ1v) is 7.84. The second kappa shape index (κ2) is 7.64. The van der Waals surface area contributed by atoms with Gasteiger partial charge in [-0.2, -0.15) is 0 Å². The number of methoxy groups -OCH3 is 1. The second-order valence-corrected chi connectivity index (χ2v) is 6.20. The molecule has 0 atom stereocenters. The quantitative estimate of drug-likeness (QED) is 0.484. The number of ether oxygens (including phenoxy) is 1. The summed E-state index contributed by atoms with van der Waals surface area (Å²) in [5.41, 5.74) is 13.1. The summed E-state index contributed by atoms with van der Waals surface area (Å²) in [6.07, 6.45) is 4.06. The highest BCUT2D eigenvalue weighted by molar-refractivity contribution is 9.10. The average Bonchev–Trinajstić information content (AvgIpc) is 2.48. The summed E-state index contributed by atoms with van der Waals surface area (Å²) in [5, 5.41) is 0. The minimum Gasteiger partial charge on any atom is -0.469 e. The van der Waals surface area contributed by atoms with Crippen LogP contribution in [0.5, 0.6) is 0 Å². The lowest BCUT2D eigenvalue weighted by Gasteiger charge is -2.16. The van der Waals surface area contributed by atoms with Gasteiger partial charge in [0, 0.05) is 16.6 Å². The summed E-state index contributed by atoms with van der Waals surface area (Å²) < 4.78 is 5.64. The number of rotatable bonds is 5. The second-order valence-electron chi connectivity index (χ2n) is 5.41. The van der Waals surface area contributed by atoms with Crippen LogP contribution in [0.4, 0.5) is 5.69 Å². The average molecular weight is 354 g/mol. The number of anilines is 1. The molecule has 0 unspecified atom stereocenters. The van der Waals surface area contributed by atoms with E-state index in [2.05, 4.69) is 47.5 Å². The van der Waals surface area contributed by atoms with Crippen LogP contribution in [0.2, 0.25) is 0 Å². The first-order valence-electron chi connectivity index (χ1n) is 7.05. The molecule has 1 rings (SSSR count). The van der Waals surface area contributed by atoms with E-state index in [9.17, 15) is 4.79 Å². The monoisotopic (exact) mass is 353 g/mol. The molecule has 2 N–H and O–H groups in total. The summed E-state index contributed by atoms with van der Waals surface area (Å²) in [7, 11) is 1.41. The third-order valence-corrected chi connectivity index (χ3v) is 5.10. The molecule has 0 spiro atoms. The van der Waals surface area contributed by atoms with Crippen molar-refractivity contribution in [1.82, 2.24) is 0 Å². The van der Waals surface area contributed by atoms with Gasteiger partial charge < -0.3 is 10.5 Å². The number of allylic oxidation sites excluding steroid dienone is 2. The van der Waals surface area contributed by atoms with Crippen molar-refractivity contribution >= 4 is 27.6 Å². The Morgan fingerprint density at radius 3 is 2.38 bits per heavy atom. The molecule has 0 saturated heterocycles. The maximum absolute atomic E-state index is 11.1. The van der Waals surface area contributed by atoms with Crippen molar-refractivity contribution in [3.63, 3.8) is 0 Å². The van der Waals surface area contributed by atoms with Gasteiger partial charge in [-0.25, -0.2) is 0 Å². The largest absolute Gasteiger partial charge is 0.469 e. The van der Waals surface area contributed by atoms with Gasteiger partial charge in [0.05, 0.1) is 7.11 Å². The third-order valence-electron chi connectivity index (χ3n) is 4.07. The summed E-state index contributed by atoms with van der Waals surface area (Å²) in [5.74, 6) is -0.174. The van der Waals surface area contributed by atoms with Gasteiger partial charge in [0.15, 0.2) is 0 Å². The predicted octanol–water partition coefficient (Wildman–Crippen LogP) is 4.40. The molecule has 1 aromatic rings. The van der Waals surface area contributed by atoms with Crippen molar-refractivity contribution in [2.45, 2.75) is 47.0 Å². The van der Waals surface area contributed by atoms with Crippen LogP contribution in [0.25, 0.3) is 0 Å². The van der Waals surface area contributed by atoms with Crippen LogP contribution in [0.15, 0.2) is 16.1 Å². The van der Waals surface area contributed by atoms with E-state index in [1.165, 1.54) is 29.4 Å². The smallest absolute Gasteiger partial charge is 0.305 e. The number of hydrogen-bond acceptors (Lipinski definition) is 3. The Bertz CT molecular complexity index is 548. The van der Waals surface area contributed by atoms with E-state index >= 15 is 0 Å². The van der Waals surface area contributed by atoms with Crippen LogP contribution >= 0.6 is 15.9 Å². The van der Waals surface area contributed by atoms with Crippen molar-refractivity contribution in [2.24, 2.45) is 0 Å². The Balaban J connectivity index is 2.91. The van der Waals surface area contributed by atoms with Crippen LogP contribution < -0.4 is 5.73 Å². The van der Waals surface area contributed by atoms with Crippen LogP contribution in [0.1, 0.15) is 42.0 Å². The molecule has 0 aliphatic carbocycles. The molecule has 1 aromatic carbocycles. The highest BCUT2D eigenvalue weighted by Crippen LogP contribution is 2.33. The van der Waals surface area contributed by atoms with Crippen LogP contribution in [0.3, 0.4) is 0 Å². The highest BCUT2D eigenvalue weighted by atomic mass is 79.9. The number of nitrogens with two attached hydrogens (primary N) is 1. The normalized spacial score (nSPS) is 11.6. The minimum absolute atomic E-state index is 0.174. The maximum atomic E-state index is 11.1. The number of carbonyl (C=O) groups is 1. The Hall–Kier alpha value is -1.29. The van der Waals surface area contributed by atoms with Crippen molar-refractivity contribution in [1.29, 1.82) is 0 Å². The Morgan fingerprint density at radius 1 is 1.19 bits per heavy atom. The van der Waals surface area contributed by atoms with Crippen molar-refractivity contribution in [3.8, 4) is 0 Å². The summed E-state index contributed by atoms with van der Waals surface area (Å²) in [4.78, 5) is 11.1. The Morgan fingerprint density at radius 2 is 1.81 bits per heavy atom. The number of halogens is 1. The lowest BCUT2D eigenvalue weighted by Crippen LogP contribution is -2.03. The lowest BCUT2D eigenvalue weighted by molar-refractivity contribution is -0.140. The number of carbonyl (C=O) groups excluding carboxylic acids is 1. The van der Waals surface area contributed by atoms with Crippen molar-refractivity contribution < 1.29 is 9.53 Å². The van der Waals surface area contributed by atoms with Gasteiger partial charge in [-0.3, -0.25) is 4.79 Å². The van der Waals surface area contributed by atoms with E-state index in [1.807, 2.05) is 6.92 Å². The number of esters is 1. The molecular weight excluding hydrogens is 330 g/mol. The van der Waals surface area contributed by atoms with Gasteiger partial charge in [0.2, 0.25) is 0 Å². The molecule has 0 saturated carbocycles. The zero-order valence-corrected chi connectivity index (χ0v) is 15.1. The topological polar surface area (TPSA) is 52.3 Å². The van der Waals surface area contributed by atoms with Crippen molar-refractivity contribution in [2.75, 3.05) is 12.8 Å². The third kappa shape index (κ3) is 4.34. The predicted molar refractivity (Wildman–Crippen MR) is 91.5 cm³/mol. The molecule has 3 nitrogen and oxygen atoms in total. The van der Waals surface area contributed by atoms with Gasteiger partial charge in [-0.1, -0.05) is 11.6 Å². The molecule has 0 aliphatic rings. The SMILES string of the molecule is COC(=O)CC/C(C)=C/Cc1c(C)c(C)c(C)c(Br)c1N. The molecule has 0 amide bonds. The molecule has 116 valence electrons. The summed E-state index contributed by atoms with van der Waals surface area (Å²) in [6.45, 7) is 8.33. The van der Waals surface area contributed by atoms with E-state index in [-0.39, 0.29) is 5.97 Å². The lowest BCUT2D eigenvalue weighted by atomic mass is 9.94. The van der Waals surface area contributed by atoms with Gasteiger partial charge >= 0.3 is 5.97 Å². The Labute approximate surface area is 135 Å². The molecule has 0 fully saturated rings. The number of benzene rings is 1. The molecule has 21 heavy (non-hydrogen) atoms. The van der Waals surface area contributed by atoms with E-state index in [0.717, 1.165) is 28.6 Å². The molecule has 0 bridgehead atoms. The van der Waals surface area contributed by atoms with Gasteiger partial charge in [0.25, 0.3) is 0 Å². The molecule has 0 aliphatic heterocycles.